The standard InChI is InChI=1S/C16H26N2/c1-11-6-12(2)16(13(3)7-11)10-18-14(4)8-17-9-15(18)5/h6-7,14-15,17H,8-10H2,1-5H3. The summed E-state index contributed by atoms with van der Waals surface area (Å²) >= 11 is 0. The molecule has 0 radical (unpaired) electrons. The van der Waals surface area contributed by atoms with Crippen LogP contribution < -0.4 is 5.32 Å². The third-order valence-corrected chi connectivity index (χ3v) is 4.19. The molecule has 0 aromatic heterocycles. The number of benzene rings is 1. The fourth-order valence-electron chi connectivity index (χ4n) is 3.12. The van der Waals surface area contributed by atoms with Crippen molar-refractivity contribution in [1.82, 2.24) is 10.2 Å². The van der Waals surface area contributed by atoms with E-state index in [1.54, 1.807) is 0 Å². The molecule has 100 valence electrons. The van der Waals surface area contributed by atoms with Gasteiger partial charge in [0.2, 0.25) is 0 Å². The van der Waals surface area contributed by atoms with Gasteiger partial charge >= 0.3 is 0 Å². The summed E-state index contributed by atoms with van der Waals surface area (Å²) in [6.45, 7) is 14.6. The Balaban J connectivity index is 2.23. The molecule has 2 nitrogen and oxygen atoms in total. The Labute approximate surface area is 111 Å². The first-order chi connectivity index (χ1) is 8.49. The zero-order valence-electron chi connectivity index (χ0n) is 12.4. The predicted molar refractivity (Wildman–Crippen MR) is 78.0 cm³/mol. The van der Waals surface area contributed by atoms with E-state index in [1.165, 1.54) is 22.3 Å². The number of hydrogen-bond donors (Lipinski definition) is 1. The molecule has 18 heavy (non-hydrogen) atoms. The first kappa shape index (κ1) is 13.6. The van der Waals surface area contributed by atoms with E-state index < -0.39 is 0 Å². The maximum absolute atomic E-state index is 3.50. The van der Waals surface area contributed by atoms with E-state index >= 15 is 0 Å². The molecule has 1 N–H and O–H groups in total. The minimum absolute atomic E-state index is 0.619. The predicted octanol–water partition coefficient (Wildman–Crippen LogP) is 2.79. The van der Waals surface area contributed by atoms with Crippen LogP contribution in [-0.4, -0.2) is 30.1 Å². The van der Waals surface area contributed by atoms with Crippen molar-refractivity contribution < 1.29 is 0 Å². The van der Waals surface area contributed by atoms with E-state index in [1.807, 2.05) is 0 Å². The van der Waals surface area contributed by atoms with Gasteiger partial charge in [0.25, 0.3) is 0 Å². The zero-order chi connectivity index (χ0) is 13.3. The van der Waals surface area contributed by atoms with Crippen molar-refractivity contribution in [2.24, 2.45) is 0 Å². The van der Waals surface area contributed by atoms with Crippen molar-refractivity contribution >= 4 is 0 Å². The van der Waals surface area contributed by atoms with Crippen LogP contribution in [0, 0.1) is 20.8 Å². The molecule has 1 aromatic carbocycles. The number of aryl methyl sites for hydroxylation is 3. The van der Waals surface area contributed by atoms with Gasteiger partial charge in [0.1, 0.15) is 0 Å². The lowest BCUT2D eigenvalue weighted by Crippen LogP contribution is -2.54. The van der Waals surface area contributed by atoms with Crippen LogP contribution in [0.3, 0.4) is 0 Å². The molecule has 1 aromatic rings. The number of hydrogen-bond acceptors (Lipinski definition) is 2. The normalized spacial score (nSPS) is 25.4. The summed E-state index contributed by atoms with van der Waals surface area (Å²) < 4.78 is 0. The van der Waals surface area contributed by atoms with E-state index in [4.69, 9.17) is 0 Å². The molecule has 0 bridgehead atoms. The highest BCUT2D eigenvalue weighted by Crippen LogP contribution is 2.21. The topological polar surface area (TPSA) is 15.3 Å². The highest BCUT2D eigenvalue weighted by atomic mass is 15.2. The van der Waals surface area contributed by atoms with Crippen molar-refractivity contribution in [3.8, 4) is 0 Å². The maximum atomic E-state index is 3.50. The molecule has 1 aliphatic rings. The molecule has 1 saturated heterocycles. The fourth-order valence-corrected chi connectivity index (χ4v) is 3.12. The van der Waals surface area contributed by atoms with Crippen LogP contribution >= 0.6 is 0 Å². The first-order valence-electron chi connectivity index (χ1n) is 7.02. The third kappa shape index (κ3) is 2.76. The van der Waals surface area contributed by atoms with Crippen LogP contribution in [0.25, 0.3) is 0 Å². The number of rotatable bonds is 2. The number of nitrogens with one attached hydrogen (secondary N) is 1. The van der Waals surface area contributed by atoms with Gasteiger partial charge < -0.3 is 5.32 Å². The molecule has 2 unspecified atom stereocenters. The molecular weight excluding hydrogens is 220 g/mol. The Kier molecular flexibility index (Phi) is 4.08. The molecule has 2 atom stereocenters. The SMILES string of the molecule is Cc1cc(C)c(CN2C(C)CNCC2C)c(C)c1. The summed E-state index contributed by atoms with van der Waals surface area (Å²) in [5, 5.41) is 3.50. The highest BCUT2D eigenvalue weighted by molar-refractivity contribution is 5.37. The number of piperazine rings is 1. The molecule has 2 rings (SSSR count). The molecule has 0 amide bonds. The van der Waals surface area contributed by atoms with Crippen LogP contribution in [0.1, 0.15) is 36.1 Å². The summed E-state index contributed by atoms with van der Waals surface area (Å²) in [5.41, 5.74) is 5.76. The Bertz CT molecular complexity index is 392. The van der Waals surface area contributed by atoms with Gasteiger partial charge in [-0.15, -0.1) is 0 Å². The monoisotopic (exact) mass is 246 g/mol. The average molecular weight is 246 g/mol. The van der Waals surface area contributed by atoms with Gasteiger partial charge in [0.15, 0.2) is 0 Å². The zero-order valence-corrected chi connectivity index (χ0v) is 12.4. The molecule has 0 saturated carbocycles. The van der Waals surface area contributed by atoms with Gasteiger partial charge in [0, 0.05) is 31.7 Å². The molecule has 1 heterocycles. The second kappa shape index (κ2) is 5.41. The second-order valence-corrected chi connectivity index (χ2v) is 5.91. The summed E-state index contributed by atoms with van der Waals surface area (Å²) in [6.07, 6.45) is 0. The lowest BCUT2D eigenvalue weighted by Gasteiger charge is -2.40. The van der Waals surface area contributed by atoms with Gasteiger partial charge in [-0.25, -0.2) is 0 Å². The molecular formula is C16H26N2. The number of nitrogens with zero attached hydrogens (tertiary/aromatic N) is 1. The molecule has 1 aliphatic heterocycles. The van der Waals surface area contributed by atoms with Crippen molar-refractivity contribution in [3.05, 3.63) is 34.4 Å². The average Bonchev–Trinajstić information content (AvgIpc) is 2.26. The van der Waals surface area contributed by atoms with Gasteiger partial charge in [-0.05, 0) is 51.3 Å². The molecule has 2 heteroatoms. The van der Waals surface area contributed by atoms with E-state index in [-0.39, 0.29) is 0 Å². The van der Waals surface area contributed by atoms with Crippen molar-refractivity contribution in [2.75, 3.05) is 13.1 Å². The Morgan fingerprint density at radius 3 is 2.06 bits per heavy atom. The van der Waals surface area contributed by atoms with Crippen LogP contribution in [0.2, 0.25) is 0 Å². The van der Waals surface area contributed by atoms with Crippen LogP contribution in [-0.2, 0) is 6.54 Å². The van der Waals surface area contributed by atoms with Crippen LogP contribution in [0.4, 0.5) is 0 Å². The lowest BCUT2D eigenvalue weighted by molar-refractivity contribution is 0.108. The summed E-state index contributed by atoms with van der Waals surface area (Å²) in [7, 11) is 0. The largest absolute Gasteiger partial charge is 0.314 e. The Hall–Kier alpha value is -0.860. The second-order valence-electron chi connectivity index (χ2n) is 5.91. The van der Waals surface area contributed by atoms with Gasteiger partial charge in [-0.1, -0.05) is 17.7 Å². The first-order valence-corrected chi connectivity index (χ1v) is 7.02. The summed E-state index contributed by atoms with van der Waals surface area (Å²) in [5.74, 6) is 0. The van der Waals surface area contributed by atoms with Crippen molar-refractivity contribution in [2.45, 2.75) is 53.2 Å². The van der Waals surface area contributed by atoms with Crippen LogP contribution in [0.15, 0.2) is 12.1 Å². The quantitative estimate of drug-likeness (QED) is 0.863. The minimum Gasteiger partial charge on any atom is -0.314 e. The minimum atomic E-state index is 0.619. The summed E-state index contributed by atoms with van der Waals surface area (Å²) in [6, 6.07) is 5.85. The van der Waals surface area contributed by atoms with Gasteiger partial charge in [-0.2, -0.15) is 0 Å². The molecule has 0 aliphatic carbocycles. The fraction of sp³-hybridized carbons (Fsp3) is 0.625. The molecule has 1 fully saturated rings. The van der Waals surface area contributed by atoms with Crippen LogP contribution in [0.5, 0.6) is 0 Å². The Morgan fingerprint density at radius 1 is 1.06 bits per heavy atom. The van der Waals surface area contributed by atoms with Gasteiger partial charge in [-0.3, -0.25) is 4.90 Å². The van der Waals surface area contributed by atoms with E-state index in [0.29, 0.717) is 12.1 Å². The van der Waals surface area contributed by atoms with E-state index in [2.05, 4.69) is 57.0 Å². The summed E-state index contributed by atoms with van der Waals surface area (Å²) in [4.78, 5) is 2.63. The lowest BCUT2D eigenvalue weighted by atomic mass is 9.98. The van der Waals surface area contributed by atoms with E-state index in [0.717, 1.165) is 19.6 Å². The highest BCUT2D eigenvalue weighted by Gasteiger charge is 2.25. The third-order valence-electron chi connectivity index (χ3n) is 4.19. The molecule has 0 spiro atoms. The van der Waals surface area contributed by atoms with E-state index in [9.17, 15) is 0 Å². The Morgan fingerprint density at radius 2 is 1.56 bits per heavy atom. The van der Waals surface area contributed by atoms with Crippen molar-refractivity contribution in [1.29, 1.82) is 0 Å². The smallest absolute Gasteiger partial charge is 0.0245 e. The van der Waals surface area contributed by atoms with Gasteiger partial charge in [0.05, 0.1) is 0 Å². The maximum Gasteiger partial charge on any atom is 0.0245 e. The van der Waals surface area contributed by atoms with Crippen molar-refractivity contribution in [3.63, 3.8) is 0 Å².